The number of aryl methyl sites for hydroxylation is 1. The molecule has 0 bridgehead atoms. The number of esters is 2. The Labute approximate surface area is 158 Å². The molecule has 0 aliphatic heterocycles. The molecule has 0 amide bonds. The van der Waals surface area contributed by atoms with Crippen LogP contribution in [0.3, 0.4) is 0 Å². The average molecular weight is 368 g/mol. The highest BCUT2D eigenvalue weighted by Crippen LogP contribution is 2.30. The average Bonchev–Trinajstić information content (AvgIpc) is 3.20. The molecule has 0 saturated carbocycles. The van der Waals surface area contributed by atoms with Crippen LogP contribution in [-0.4, -0.2) is 28.8 Å². The topological polar surface area (TPSA) is 70.4 Å². The summed E-state index contributed by atoms with van der Waals surface area (Å²) in [7, 11) is 1.38. The molecule has 27 heavy (non-hydrogen) atoms. The van der Waals surface area contributed by atoms with E-state index in [9.17, 15) is 9.59 Å². The van der Waals surface area contributed by atoms with E-state index in [1.54, 1.807) is 10.9 Å². The fourth-order valence-electron chi connectivity index (χ4n) is 3.12. The lowest BCUT2D eigenvalue weighted by molar-refractivity contribution is -0.150. The maximum Gasteiger partial charge on any atom is 0.309 e. The number of carbonyl (C=O) groups excluding carboxylic acids is 2. The van der Waals surface area contributed by atoms with Crippen LogP contribution in [0.15, 0.2) is 48.8 Å². The monoisotopic (exact) mass is 368 g/mol. The quantitative estimate of drug-likeness (QED) is 0.701. The summed E-state index contributed by atoms with van der Waals surface area (Å²) in [6, 6.07) is 9.71. The zero-order valence-electron chi connectivity index (χ0n) is 15.5. The first kappa shape index (κ1) is 18.9. The van der Waals surface area contributed by atoms with Gasteiger partial charge in [0.1, 0.15) is 6.61 Å². The number of methoxy groups -OCH3 is 1. The zero-order valence-corrected chi connectivity index (χ0v) is 15.5. The van der Waals surface area contributed by atoms with Crippen LogP contribution < -0.4 is 0 Å². The molecule has 0 saturated heterocycles. The zero-order chi connectivity index (χ0) is 19.1. The van der Waals surface area contributed by atoms with E-state index >= 15 is 0 Å². The van der Waals surface area contributed by atoms with Gasteiger partial charge in [-0.2, -0.15) is 5.10 Å². The van der Waals surface area contributed by atoms with Crippen molar-refractivity contribution in [3.05, 3.63) is 59.9 Å². The van der Waals surface area contributed by atoms with Crippen LogP contribution in [0.4, 0.5) is 0 Å². The molecule has 1 aliphatic carbocycles. The van der Waals surface area contributed by atoms with E-state index in [0.717, 1.165) is 24.0 Å². The van der Waals surface area contributed by atoms with Gasteiger partial charge in [-0.05, 0) is 30.4 Å². The minimum Gasteiger partial charge on any atom is -0.469 e. The molecule has 142 valence electrons. The molecule has 1 atom stereocenters. The van der Waals surface area contributed by atoms with Gasteiger partial charge in [-0.15, -0.1) is 0 Å². The van der Waals surface area contributed by atoms with Crippen molar-refractivity contribution in [2.75, 3.05) is 7.11 Å². The second kappa shape index (κ2) is 9.16. The third-order valence-electron chi connectivity index (χ3n) is 4.74. The summed E-state index contributed by atoms with van der Waals surface area (Å²) in [5.74, 6) is -0.476. The van der Waals surface area contributed by atoms with Gasteiger partial charge in [0.05, 0.1) is 32.2 Å². The van der Waals surface area contributed by atoms with Gasteiger partial charge in [0, 0.05) is 11.8 Å². The summed E-state index contributed by atoms with van der Waals surface area (Å²) in [5.41, 5.74) is 3.22. The van der Waals surface area contributed by atoms with Gasteiger partial charge >= 0.3 is 11.9 Å². The molecule has 1 aromatic carbocycles. The van der Waals surface area contributed by atoms with E-state index in [4.69, 9.17) is 4.74 Å². The highest BCUT2D eigenvalue weighted by atomic mass is 16.5. The van der Waals surface area contributed by atoms with E-state index < -0.39 is 0 Å². The highest BCUT2D eigenvalue weighted by Gasteiger charge is 2.24. The van der Waals surface area contributed by atoms with Crippen molar-refractivity contribution < 1.29 is 19.1 Å². The normalized spacial score (nSPS) is 16.5. The Morgan fingerprint density at radius 3 is 2.78 bits per heavy atom. The molecule has 1 aromatic heterocycles. The summed E-state index contributed by atoms with van der Waals surface area (Å²) >= 11 is 0. The van der Waals surface area contributed by atoms with Crippen LogP contribution in [0, 0.1) is 5.92 Å². The number of aromatic nitrogens is 2. The number of allylic oxidation sites excluding steroid dienone is 2. The number of carbonyl (C=O) groups is 2. The van der Waals surface area contributed by atoms with Crippen LogP contribution in [0.1, 0.15) is 36.8 Å². The number of ether oxygens (including phenoxy) is 2. The minimum absolute atomic E-state index is 0.0909. The number of rotatable bonds is 7. The van der Waals surface area contributed by atoms with Crippen molar-refractivity contribution >= 4 is 17.5 Å². The lowest BCUT2D eigenvalue weighted by Gasteiger charge is -2.20. The Bertz CT molecular complexity index is 811. The standard InChI is InChI=1S/C21H24N2O4/c1-26-20(24)11-12-23-14-19(13-22-23)17-7-9-18(10-8-17)21(25)27-15-16-5-3-2-4-6-16/h2-7,13-14,18H,8-12,15H2,1H3. The molecule has 0 spiro atoms. The molecule has 6 heteroatoms. The predicted molar refractivity (Wildman–Crippen MR) is 100 cm³/mol. The first-order chi connectivity index (χ1) is 13.2. The van der Waals surface area contributed by atoms with Crippen LogP contribution in [0.25, 0.3) is 5.57 Å². The van der Waals surface area contributed by atoms with Crippen LogP contribution in [-0.2, 0) is 32.2 Å². The SMILES string of the molecule is COC(=O)CCn1cc(C2=CCC(C(=O)OCc3ccccc3)CC2)cn1. The van der Waals surface area contributed by atoms with Crippen molar-refractivity contribution in [1.82, 2.24) is 9.78 Å². The fraction of sp³-hybridized carbons (Fsp3) is 0.381. The third-order valence-corrected chi connectivity index (χ3v) is 4.74. The first-order valence-corrected chi connectivity index (χ1v) is 9.15. The smallest absolute Gasteiger partial charge is 0.309 e. The first-order valence-electron chi connectivity index (χ1n) is 9.15. The van der Waals surface area contributed by atoms with Gasteiger partial charge in [0.2, 0.25) is 0 Å². The van der Waals surface area contributed by atoms with Crippen molar-refractivity contribution in [1.29, 1.82) is 0 Å². The Kier molecular flexibility index (Phi) is 6.41. The second-order valence-electron chi connectivity index (χ2n) is 6.61. The predicted octanol–water partition coefficient (Wildman–Crippen LogP) is 3.37. The number of benzene rings is 1. The number of hydrogen-bond acceptors (Lipinski definition) is 5. The van der Waals surface area contributed by atoms with Gasteiger partial charge in [0.25, 0.3) is 0 Å². The third kappa shape index (κ3) is 5.29. The minimum atomic E-state index is -0.249. The Morgan fingerprint density at radius 1 is 1.26 bits per heavy atom. The molecule has 0 fully saturated rings. The molecule has 0 radical (unpaired) electrons. The van der Waals surface area contributed by atoms with Gasteiger partial charge in [-0.3, -0.25) is 14.3 Å². The van der Waals surface area contributed by atoms with Gasteiger partial charge in [0.15, 0.2) is 0 Å². The summed E-state index contributed by atoms with van der Waals surface area (Å²) in [5, 5.41) is 4.29. The Morgan fingerprint density at radius 2 is 2.07 bits per heavy atom. The molecular formula is C21H24N2O4. The highest BCUT2D eigenvalue weighted by molar-refractivity contribution is 5.75. The van der Waals surface area contributed by atoms with Crippen LogP contribution >= 0.6 is 0 Å². The van der Waals surface area contributed by atoms with Crippen molar-refractivity contribution in [3.8, 4) is 0 Å². The van der Waals surface area contributed by atoms with Gasteiger partial charge in [-0.25, -0.2) is 0 Å². The van der Waals surface area contributed by atoms with E-state index in [2.05, 4.69) is 15.9 Å². The molecule has 2 aromatic rings. The van der Waals surface area contributed by atoms with Gasteiger partial charge < -0.3 is 9.47 Å². The van der Waals surface area contributed by atoms with E-state index in [1.807, 2.05) is 36.5 Å². The summed E-state index contributed by atoms with van der Waals surface area (Å²) in [4.78, 5) is 23.5. The van der Waals surface area contributed by atoms with E-state index in [1.165, 1.54) is 12.7 Å². The van der Waals surface area contributed by atoms with E-state index in [0.29, 0.717) is 26.0 Å². The molecule has 3 rings (SSSR count). The molecular weight excluding hydrogens is 344 g/mol. The lowest BCUT2D eigenvalue weighted by atomic mass is 9.87. The largest absolute Gasteiger partial charge is 0.469 e. The van der Waals surface area contributed by atoms with Crippen molar-refractivity contribution in [3.63, 3.8) is 0 Å². The van der Waals surface area contributed by atoms with Crippen LogP contribution in [0.5, 0.6) is 0 Å². The lowest BCUT2D eigenvalue weighted by Crippen LogP contribution is -2.19. The summed E-state index contributed by atoms with van der Waals surface area (Å²) in [6.45, 7) is 0.814. The van der Waals surface area contributed by atoms with E-state index in [-0.39, 0.29) is 17.9 Å². The van der Waals surface area contributed by atoms with Crippen molar-refractivity contribution in [2.45, 2.75) is 38.8 Å². The molecule has 1 unspecified atom stereocenters. The molecule has 0 N–H and O–H groups in total. The Balaban J connectivity index is 1.50. The Hall–Kier alpha value is -2.89. The van der Waals surface area contributed by atoms with Gasteiger partial charge in [-0.1, -0.05) is 36.4 Å². The molecule has 6 nitrogen and oxygen atoms in total. The second-order valence-corrected chi connectivity index (χ2v) is 6.61. The maximum atomic E-state index is 12.3. The maximum absolute atomic E-state index is 12.3. The van der Waals surface area contributed by atoms with Crippen LogP contribution in [0.2, 0.25) is 0 Å². The molecule has 1 heterocycles. The van der Waals surface area contributed by atoms with Crippen molar-refractivity contribution in [2.24, 2.45) is 5.92 Å². The fourth-order valence-corrected chi connectivity index (χ4v) is 3.12. The molecule has 1 aliphatic rings. The summed E-state index contributed by atoms with van der Waals surface area (Å²) < 4.78 is 11.8. The number of nitrogens with zero attached hydrogens (tertiary/aromatic N) is 2. The summed E-state index contributed by atoms with van der Waals surface area (Å²) in [6.07, 6.45) is 8.39. The number of hydrogen-bond donors (Lipinski definition) is 0.